The van der Waals surface area contributed by atoms with Crippen LogP contribution in [0, 0.1) is 0 Å². The molecule has 17 heavy (non-hydrogen) atoms. The van der Waals surface area contributed by atoms with E-state index in [4.69, 9.17) is 0 Å². The highest BCUT2D eigenvalue weighted by Crippen LogP contribution is 2.30. The lowest BCUT2D eigenvalue weighted by Gasteiger charge is -2.21. The number of thioether (sulfide) groups is 1. The van der Waals surface area contributed by atoms with E-state index < -0.39 is 0 Å². The standard InChI is InChI=1S/C16H34S/c1-5-9-11-13-15(7-3)17-16(8-4)14-12-10-6-2/h15-16H,5-14H2,1-4H3. The lowest BCUT2D eigenvalue weighted by atomic mass is 10.1. The van der Waals surface area contributed by atoms with Crippen molar-refractivity contribution in [2.45, 2.75) is 102 Å². The van der Waals surface area contributed by atoms with Gasteiger partial charge in [0.2, 0.25) is 0 Å². The van der Waals surface area contributed by atoms with Crippen molar-refractivity contribution in [2.24, 2.45) is 0 Å². The van der Waals surface area contributed by atoms with Gasteiger partial charge in [0.05, 0.1) is 0 Å². The Hall–Kier alpha value is 0.350. The Kier molecular flexibility index (Phi) is 13.1. The van der Waals surface area contributed by atoms with Crippen LogP contribution in [0.3, 0.4) is 0 Å². The fraction of sp³-hybridized carbons (Fsp3) is 1.00. The van der Waals surface area contributed by atoms with E-state index in [1.54, 1.807) is 0 Å². The summed E-state index contributed by atoms with van der Waals surface area (Å²) >= 11 is 2.29. The van der Waals surface area contributed by atoms with Gasteiger partial charge in [-0.05, 0) is 25.7 Å². The van der Waals surface area contributed by atoms with Gasteiger partial charge in [-0.25, -0.2) is 0 Å². The van der Waals surface area contributed by atoms with E-state index in [-0.39, 0.29) is 0 Å². The van der Waals surface area contributed by atoms with Crippen LogP contribution >= 0.6 is 11.8 Å². The molecule has 0 nitrogen and oxygen atoms in total. The summed E-state index contributed by atoms with van der Waals surface area (Å²) in [7, 11) is 0. The summed E-state index contributed by atoms with van der Waals surface area (Å²) in [5.74, 6) is 0. The lowest BCUT2D eigenvalue weighted by molar-refractivity contribution is 0.614. The average molecular weight is 259 g/mol. The first-order valence-electron chi connectivity index (χ1n) is 7.93. The molecule has 104 valence electrons. The Morgan fingerprint density at radius 2 is 1.06 bits per heavy atom. The van der Waals surface area contributed by atoms with Gasteiger partial charge in [0.25, 0.3) is 0 Å². The molecule has 0 aliphatic rings. The third-order valence-electron chi connectivity index (χ3n) is 3.55. The van der Waals surface area contributed by atoms with Crippen LogP contribution in [-0.4, -0.2) is 10.5 Å². The maximum atomic E-state index is 2.36. The van der Waals surface area contributed by atoms with Gasteiger partial charge in [-0.2, -0.15) is 11.8 Å². The predicted octanol–water partition coefficient (Wildman–Crippen LogP) is 6.44. The molecule has 0 spiro atoms. The van der Waals surface area contributed by atoms with Crippen LogP contribution in [-0.2, 0) is 0 Å². The Bertz CT molecular complexity index is 128. The van der Waals surface area contributed by atoms with Crippen molar-refractivity contribution in [1.82, 2.24) is 0 Å². The number of hydrogen-bond acceptors (Lipinski definition) is 1. The first-order valence-corrected chi connectivity index (χ1v) is 8.88. The molecule has 0 saturated carbocycles. The van der Waals surface area contributed by atoms with Crippen LogP contribution in [0.5, 0.6) is 0 Å². The lowest BCUT2D eigenvalue weighted by Crippen LogP contribution is -2.10. The molecule has 0 N–H and O–H groups in total. The van der Waals surface area contributed by atoms with Crippen molar-refractivity contribution in [1.29, 1.82) is 0 Å². The number of hydrogen-bond donors (Lipinski definition) is 0. The zero-order valence-corrected chi connectivity index (χ0v) is 13.5. The second-order valence-electron chi connectivity index (χ2n) is 5.19. The summed E-state index contributed by atoms with van der Waals surface area (Å²) in [5, 5.41) is 1.85. The van der Waals surface area contributed by atoms with Crippen LogP contribution in [0.1, 0.15) is 91.9 Å². The molecule has 0 saturated heterocycles. The molecule has 0 aliphatic carbocycles. The Morgan fingerprint density at radius 3 is 1.35 bits per heavy atom. The summed E-state index contributed by atoms with van der Waals surface area (Å²) in [6.45, 7) is 9.33. The predicted molar refractivity (Wildman–Crippen MR) is 84.0 cm³/mol. The summed E-state index contributed by atoms with van der Waals surface area (Å²) in [4.78, 5) is 0. The minimum absolute atomic E-state index is 0.924. The third kappa shape index (κ3) is 10.00. The van der Waals surface area contributed by atoms with Crippen LogP contribution in [0.25, 0.3) is 0 Å². The van der Waals surface area contributed by atoms with Gasteiger partial charge in [0, 0.05) is 10.5 Å². The molecular formula is C16H34S. The summed E-state index contributed by atoms with van der Waals surface area (Å²) in [5.41, 5.74) is 0. The topological polar surface area (TPSA) is 0 Å². The van der Waals surface area contributed by atoms with Crippen molar-refractivity contribution in [2.75, 3.05) is 0 Å². The van der Waals surface area contributed by atoms with Crippen molar-refractivity contribution in [3.05, 3.63) is 0 Å². The number of rotatable bonds is 12. The van der Waals surface area contributed by atoms with Gasteiger partial charge in [-0.3, -0.25) is 0 Å². The van der Waals surface area contributed by atoms with Gasteiger partial charge in [-0.15, -0.1) is 0 Å². The van der Waals surface area contributed by atoms with E-state index in [1.807, 2.05) is 0 Å². The average Bonchev–Trinajstić information content (AvgIpc) is 2.36. The molecular weight excluding hydrogens is 224 g/mol. The van der Waals surface area contributed by atoms with Crippen molar-refractivity contribution in [3.8, 4) is 0 Å². The van der Waals surface area contributed by atoms with Crippen LogP contribution in [0.2, 0.25) is 0 Å². The molecule has 0 heterocycles. The highest BCUT2D eigenvalue weighted by Gasteiger charge is 2.13. The van der Waals surface area contributed by atoms with E-state index in [0.717, 1.165) is 10.5 Å². The molecule has 0 aromatic carbocycles. The largest absolute Gasteiger partial charge is 0.155 e. The van der Waals surface area contributed by atoms with Crippen LogP contribution in [0.4, 0.5) is 0 Å². The molecule has 0 aromatic heterocycles. The Morgan fingerprint density at radius 1 is 0.647 bits per heavy atom. The minimum Gasteiger partial charge on any atom is -0.155 e. The van der Waals surface area contributed by atoms with Gasteiger partial charge >= 0.3 is 0 Å². The fourth-order valence-electron chi connectivity index (χ4n) is 2.25. The second kappa shape index (κ2) is 12.8. The zero-order valence-electron chi connectivity index (χ0n) is 12.6. The van der Waals surface area contributed by atoms with Gasteiger partial charge in [0.1, 0.15) is 0 Å². The van der Waals surface area contributed by atoms with Crippen molar-refractivity contribution in [3.63, 3.8) is 0 Å². The quantitative estimate of drug-likeness (QED) is 0.363. The normalized spacial score (nSPS) is 14.8. The van der Waals surface area contributed by atoms with Gasteiger partial charge < -0.3 is 0 Å². The molecule has 0 aliphatic heterocycles. The maximum Gasteiger partial charge on any atom is 0.00472 e. The molecule has 2 atom stereocenters. The van der Waals surface area contributed by atoms with Crippen LogP contribution < -0.4 is 0 Å². The highest BCUT2D eigenvalue weighted by molar-refractivity contribution is 8.00. The first kappa shape index (κ1) is 17.4. The molecule has 1 heteroatoms. The minimum atomic E-state index is 0.924. The molecule has 0 aromatic rings. The van der Waals surface area contributed by atoms with Crippen molar-refractivity contribution >= 4 is 11.8 Å². The fourth-order valence-corrected chi connectivity index (χ4v) is 3.79. The summed E-state index contributed by atoms with van der Waals surface area (Å²) in [6.07, 6.45) is 14.0. The van der Waals surface area contributed by atoms with E-state index >= 15 is 0 Å². The smallest absolute Gasteiger partial charge is 0.00472 e. The zero-order chi connectivity index (χ0) is 12.9. The van der Waals surface area contributed by atoms with E-state index in [1.165, 1.54) is 64.2 Å². The molecule has 0 fully saturated rings. The van der Waals surface area contributed by atoms with Crippen LogP contribution in [0.15, 0.2) is 0 Å². The SMILES string of the molecule is CCCCCC(CC)SC(CC)CCCCC. The Balaban J connectivity index is 3.77. The van der Waals surface area contributed by atoms with E-state index in [0.29, 0.717) is 0 Å². The Labute approximate surface area is 114 Å². The monoisotopic (exact) mass is 258 g/mol. The molecule has 2 unspecified atom stereocenters. The summed E-state index contributed by atoms with van der Waals surface area (Å²) < 4.78 is 0. The third-order valence-corrected chi connectivity index (χ3v) is 5.46. The molecule has 0 rings (SSSR count). The molecule has 0 bridgehead atoms. The van der Waals surface area contributed by atoms with Gasteiger partial charge in [-0.1, -0.05) is 66.2 Å². The van der Waals surface area contributed by atoms with E-state index in [9.17, 15) is 0 Å². The van der Waals surface area contributed by atoms with Gasteiger partial charge in [0.15, 0.2) is 0 Å². The maximum absolute atomic E-state index is 2.36. The summed E-state index contributed by atoms with van der Waals surface area (Å²) in [6, 6.07) is 0. The van der Waals surface area contributed by atoms with Crippen molar-refractivity contribution < 1.29 is 0 Å². The number of unbranched alkanes of at least 4 members (excludes halogenated alkanes) is 4. The molecule has 0 radical (unpaired) electrons. The molecule has 0 amide bonds. The highest BCUT2D eigenvalue weighted by atomic mass is 32.2. The second-order valence-corrected chi connectivity index (χ2v) is 6.79. The first-order chi connectivity index (χ1) is 8.28. The van der Waals surface area contributed by atoms with E-state index in [2.05, 4.69) is 39.5 Å².